The minimum atomic E-state index is 0.605. The number of allylic oxidation sites excluding steroid dienone is 1. The molecule has 2 bridgehead atoms. The summed E-state index contributed by atoms with van der Waals surface area (Å²) >= 11 is 0. The Morgan fingerprint density at radius 3 is 2.23 bits per heavy atom. The van der Waals surface area contributed by atoms with E-state index in [4.69, 9.17) is 4.74 Å². The van der Waals surface area contributed by atoms with Gasteiger partial charge in [0, 0.05) is 6.54 Å². The maximum absolute atomic E-state index is 6.07. The molecule has 160 valence electrons. The molecule has 0 spiro atoms. The number of aryl methyl sites for hydroxylation is 1. The highest BCUT2D eigenvalue weighted by molar-refractivity contribution is 5.88. The third kappa shape index (κ3) is 4.27. The van der Waals surface area contributed by atoms with Crippen molar-refractivity contribution in [3.05, 3.63) is 82.9 Å². The molecule has 0 radical (unpaired) electrons. The molecular weight excluding hydrogens is 378 g/mol. The highest BCUT2D eigenvalue weighted by atomic mass is 16.5. The van der Waals surface area contributed by atoms with Gasteiger partial charge < -0.3 is 9.64 Å². The van der Waals surface area contributed by atoms with Gasteiger partial charge in [-0.3, -0.25) is 0 Å². The molecule has 3 aromatic rings. The van der Waals surface area contributed by atoms with Crippen molar-refractivity contribution in [1.82, 2.24) is 4.90 Å². The lowest BCUT2D eigenvalue weighted by Crippen LogP contribution is -2.31. The van der Waals surface area contributed by atoms with Gasteiger partial charge in [0.15, 0.2) is 0 Å². The van der Waals surface area contributed by atoms with E-state index in [1.165, 1.54) is 53.1 Å². The molecule has 0 unspecified atom stereocenters. The van der Waals surface area contributed by atoms with E-state index in [1.54, 1.807) is 11.1 Å². The van der Waals surface area contributed by atoms with Crippen LogP contribution in [-0.4, -0.2) is 25.5 Å². The summed E-state index contributed by atoms with van der Waals surface area (Å²) in [5.41, 5.74) is 7.27. The average molecular weight is 412 g/mol. The first kappa shape index (κ1) is 20.3. The summed E-state index contributed by atoms with van der Waals surface area (Å²) in [6.07, 6.45) is 5.49. The van der Waals surface area contributed by atoms with E-state index in [0.717, 1.165) is 24.1 Å². The molecule has 31 heavy (non-hydrogen) atoms. The Bertz CT molecular complexity index is 1100. The van der Waals surface area contributed by atoms with Crippen molar-refractivity contribution in [1.29, 1.82) is 0 Å². The molecular formula is C29H33NO. The molecule has 3 aromatic carbocycles. The predicted octanol–water partition coefficient (Wildman–Crippen LogP) is 6.86. The maximum Gasteiger partial charge on any atom is 0.120 e. The van der Waals surface area contributed by atoms with Gasteiger partial charge in [0.25, 0.3) is 0 Å². The molecule has 0 aromatic heterocycles. The van der Waals surface area contributed by atoms with Gasteiger partial charge in [0.2, 0.25) is 0 Å². The first-order valence-electron chi connectivity index (χ1n) is 11.7. The zero-order valence-electron chi connectivity index (χ0n) is 19.0. The second-order valence-electron chi connectivity index (χ2n) is 9.72. The zero-order valence-corrected chi connectivity index (χ0v) is 19.0. The van der Waals surface area contributed by atoms with Gasteiger partial charge in [0.1, 0.15) is 12.4 Å². The maximum atomic E-state index is 6.07. The fraction of sp³-hybridized carbons (Fsp3) is 0.379. The van der Waals surface area contributed by atoms with Gasteiger partial charge in [-0.25, -0.2) is 0 Å². The largest absolute Gasteiger partial charge is 0.489 e. The van der Waals surface area contributed by atoms with Gasteiger partial charge in [-0.05, 0) is 110 Å². The minimum absolute atomic E-state index is 0.605. The number of likely N-dealkylation sites (N-methyl/N-ethyl adjacent to an activating group) is 1. The summed E-state index contributed by atoms with van der Waals surface area (Å²) in [4.78, 5) is 2.34. The number of nitrogens with zero attached hydrogens (tertiary/aromatic N) is 1. The van der Waals surface area contributed by atoms with Crippen molar-refractivity contribution >= 4 is 16.3 Å². The fourth-order valence-electron chi connectivity index (χ4n) is 5.52. The number of hydrogen-bond donors (Lipinski definition) is 0. The number of hydrogen-bond acceptors (Lipinski definition) is 2. The van der Waals surface area contributed by atoms with Gasteiger partial charge in [-0.15, -0.1) is 0 Å². The van der Waals surface area contributed by atoms with Crippen molar-refractivity contribution in [2.75, 3.05) is 20.6 Å². The fourth-order valence-corrected chi connectivity index (χ4v) is 5.52. The van der Waals surface area contributed by atoms with Gasteiger partial charge in [0.05, 0.1) is 0 Å². The molecule has 1 saturated carbocycles. The molecule has 2 heteroatoms. The van der Waals surface area contributed by atoms with Crippen LogP contribution in [0.1, 0.15) is 42.4 Å². The van der Waals surface area contributed by atoms with E-state index in [9.17, 15) is 0 Å². The zero-order chi connectivity index (χ0) is 21.4. The summed E-state index contributed by atoms with van der Waals surface area (Å²) < 4.78 is 6.07. The lowest BCUT2D eigenvalue weighted by atomic mass is 9.65. The highest BCUT2D eigenvalue weighted by Gasteiger charge is 2.35. The Balaban J connectivity index is 1.41. The van der Waals surface area contributed by atoms with Crippen LogP contribution >= 0.6 is 0 Å². The second kappa shape index (κ2) is 8.51. The third-order valence-electron chi connectivity index (χ3n) is 7.11. The SMILES string of the molecule is Cc1ccc(COc2ccc3cc(C4=C(CN(C)C)C5CCC4CC5)ccc3c2)cc1. The van der Waals surface area contributed by atoms with Crippen LogP contribution in [0.15, 0.2) is 66.2 Å². The average Bonchev–Trinajstić information content (AvgIpc) is 2.79. The van der Waals surface area contributed by atoms with E-state index >= 15 is 0 Å². The van der Waals surface area contributed by atoms with Crippen LogP contribution in [0.4, 0.5) is 0 Å². The molecule has 0 saturated heterocycles. The lowest BCUT2D eigenvalue weighted by Gasteiger charge is -2.41. The van der Waals surface area contributed by atoms with E-state index in [2.05, 4.69) is 86.6 Å². The second-order valence-corrected chi connectivity index (χ2v) is 9.72. The molecule has 0 heterocycles. The first-order chi connectivity index (χ1) is 15.1. The van der Waals surface area contributed by atoms with Crippen LogP contribution in [-0.2, 0) is 6.61 Å². The summed E-state index contributed by atoms with van der Waals surface area (Å²) in [6, 6.07) is 22.1. The van der Waals surface area contributed by atoms with Crippen LogP contribution in [0.5, 0.6) is 5.75 Å². The van der Waals surface area contributed by atoms with Crippen molar-refractivity contribution in [2.24, 2.45) is 11.8 Å². The van der Waals surface area contributed by atoms with Crippen molar-refractivity contribution in [3.8, 4) is 5.75 Å². The normalized spacial score (nSPS) is 20.6. The summed E-state index contributed by atoms with van der Waals surface area (Å²) in [5, 5.41) is 2.55. The van der Waals surface area contributed by atoms with Crippen molar-refractivity contribution in [3.63, 3.8) is 0 Å². The van der Waals surface area contributed by atoms with Crippen LogP contribution in [0, 0.1) is 18.8 Å². The van der Waals surface area contributed by atoms with E-state index < -0.39 is 0 Å². The molecule has 1 fully saturated rings. The summed E-state index contributed by atoms with van der Waals surface area (Å²) in [7, 11) is 4.40. The van der Waals surface area contributed by atoms with Crippen LogP contribution in [0.2, 0.25) is 0 Å². The van der Waals surface area contributed by atoms with Crippen LogP contribution in [0.25, 0.3) is 16.3 Å². The predicted molar refractivity (Wildman–Crippen MR) is 130 cm³/mol. The molecule has 0 amide bonds. The van der Waals surface area contributed by atoms with Gasteiger partial charge in [-0.1, -0.05) is 48.0 Å². The highest BCUT2D eigenvalue weighted by Crippen LogP contribution is 2.49. The Kier molecular flexibility index (Phi) is 5.58. The van der Waals surface area contributed by atoms with Crippen LogP contribution < -0.4 is 4.74 Å². The van der Waals surface area contributed by atoms with Crippen molar-refractivity contribution in [2.45, 2.75) is 39.2 Å². The smallest absolute Gasteiger partial charge is 0.120 e. The topological polar surface area (TPSA) is 12.5 Å². The number of fused-ring (bicyclic) bond motifs is 3. The number of benzene rings is 3. The first-order valence-corrected chi connectivity index (χ1v) is 11.7. The van der Waals surface area contributed by atoms with Crippen LogP contribution in [0.3, 0.4) is 0 Å². The van der Waals surface area contributed by atoms with Gasteiger partial charge in [-0.2, -0.15) is 0 Å². The number of ether oxygens (including phenoxy) is 1. The Morgan fingerprint density at radius 1 is 0.806 bits per heavy atom. The quantitative estimate of drug-likeness (QED) is 0.439. The molecule has 2 nitrogen and oxygen atoms in total. The molecule has 3 aliphatic carbocycles. The molecule has 0 aliphatic heterocycles. The van der Waals surface area contributed by atoms with Gasteiger partial charge >= 0.3 is 0 Å². The summed E-state index contributed by atoms with van der Waals surface area (Å²) in [6.45, 7) is 3.81. The number of rotatable bonds is 6. The Hall–Kier alpha value is -2.58. The Labute approximate surface area is 186 Å². The molecule has 6 rings (SSSR count). The summed E-state index contributed by atoms with van der Waals surface area (Å²) in [5.74, 6) is 2.47. The Morgan fingerprint density at radius 2 is 1.48 bits per heavy atom. The van der Waals surface area contributed by atoms with E-state index in [1.807, 2.05) is 0 Å². The minimum Gasteiger partial charge on any atom is -0.489 e. The molecule has 3 aliphatic rings. The standard InChI is InChI=1S/C29H33NO/c1-20-4-6-21(7-5-20)19-31-27-15-14-24-16-26(13-12-25(24)17-27)29-23-10-8-22(9-11-23)28(29)18-30(2)3/h4-7,12-17,22-23H,8-11,18-19H2,1-3H3. The molecule has 0 N–H and O–H groups in total. The molecule has 0 atom stereocenters. The van der Waals surface area contributed by atoms with Crippen molar-refractivity contribution < 1.29 is 4.74 Å². The van der Waals surface area contributed by atoms with E-state index in [-0.39, 0.29) is 0 Å². The monoisotopic (exact) mass is 411 g/mol. The van der Waals surface area contributed by atoms with E-state index in [0.29, 0.717) is 6.61 Å². The lowest BCUT2D eigenvalue weighted by molar-refractivity contribution is 0.299. The third-order valence-corrected chi connectivity index (χ3v) is 7.11.